The SMILES string of the molecule is CC/C=C\C/C=C\C/C=C\C/C=C\C/C=C\C/C=C\CCC(=O)O[C@H](COC(=O)CCC[C@H](O)[C@@H](O)C/C=C\C/C=C\C/C=C\C/C=C\CC)COP(=O)(O)O. The van der Waals surface area contributed by atoms with Crippen molar-refractivity contribution in [1.29, 1.82) is 0 Å². The van der Waals surface area contributed by atoms with Gasteiger partial charge in [0.2, 0.25) is 0 Å². The summed E-state index contributed by atoms with van der Waals surface area (Å²) in [5, 5.41) is 20.5. The Kier molecular flexibility index (Phi) is 35.8. The van der Waals surface area contributed by atoms with E-state index in [2.05, 4.69) is 103 Å². The van der Waals surface area contributed by atoms with E-state index >= 15 is 0 Å². The first-order valence-corrected chi connectivity index (χ1v) is 21.5. The Hall–Kier alpha value is -3.63. The highest BCUT2D eigenvalue weighted by atomic mass is 31.2. The molecule has 0 saturated carbocycles. The Morgan fingerprint density at radius 1 is 0.536 bits per heavy atom. The van der Waals surface area contributed by atoms with Crippen LogP contribution in [0.3, 0.4) is 0 Å². The van der Waals surface area contributed by atoms with Crippen molar-refractivity contribution in [2.45, 2.75) is 135 Å². The first kappa shape index (κ1) is 52.4. The molecule has 0 radical (unpaired) electrons. The lowest BCUT2D eigenvalue weighted by Gasteiger charge is -2.19. The van der Waals surface area contributed by atoms with Gasteiger partial charge in [-0.05, 0) is 89.9 Å². The molecule has 0 aliphatic heterocycles. The third kappa shape index (κ3) is 38.6. The number of carbonyl (C=O) groups excluding carboxylic acids is 2. The first-order valence-electron chi connectivity index (χ1n) is 20.0. The Morgan fingerprint density at radius 3 is 1.38 bits per heavy atom. The Balaban J connectivity index is 4.35. The molecule has 0 saturated heterocycles. The van der Waals surface area contributed by atoms with Crippen molar-refractivity contribution < 1.29 is 48.2 Å². The molecular weight excluding hydrogens is 731 g/mol. The Labute approximate surface area is 336 Å². The molecule has 0 spiro atoms. The molecule has 4 N–H and O–H groups in total. The lowest BCUT2D eigenvalue weighted by atomic mass is 10.0. The van der Waals surface area contributed by atoms with E-state index < -0.39 is 51.3 Å². The topological polar surface area (TPSA) is 160 Å². The fourth-order valence-corrected chi connectivity index (χ4v) is 5.02. The summed E-state index contributed by atoms with van der Waals surface area (Å²) < 4.78 is 26.1. The number of allylic oxidation sites excluding steroid dienone is 19. The van der Waals surface area contributed by atoms with Crippen LogP contribution in [0.25, 0.3) is 0 Å². The molecule has 10 nitrogen and oxygen atoms in total. The highest BCUT2D eigenvalue weighted by Crippen LogP contribution is 2.35. The molecule has 0 unspecified atom stereocenters. The van der Waals surface area contributed by atoms with Crippen LogP contribution in [0.2, 0.25) is 0 Å². The smallest absolute Gasteiger partial charge is 0.462 e. The zero-order chi connectivity index (χ0) is 41.4. The summed E-state index contributed by atoms with van der Waals surface area (Å²) in [6.45, 7) is 3.11. The minimum atomic E-state index is -4.85. The average molecular weight is 801 g/mol. The van der Waals surface area contributed by atoms with Crippen LogP contribution in [0.4, 0.5) is 0 Å². The average Bonchev–Trinajstić information content (AvgIpc) is 3.16. The fourth-order valence-electron chi connectivity index (χ4n) is 4.66. The van der Waals surface area contributed by atoms with Crippen molar-refractivity contribution in [2.75, 3.05) is 13.2 Å². The van der Waals surface area contributed by atoms with Crippen LogP contribution in [0.15, 0.2) is 122 Å². The molecule has 0 aliphatic carbocycles. The lowest BCUT2D eigenvalue weighted by Crippen LogP contribution is -2.29. The van der Waals surface area contributed by atoms with Crippen molar-refractivity contribution in [3.63, 3.8) is 0 Å². The number of phosphoric acid groups is 1. The minimum absolute atomic E-state index is 0.0175. The van der Waals surface area contributed by atoms with E-state index in [-0.39, 0.29) is 32.1 Å². The Morgan fingerprint density at radius 2 is 0.946 bits per heavy atom. The molecule has 0 heterocycles. The number of aliphatic hydroxyl groups is 2. The van der Waals surface area contributed by atoms with Gasteiger partial charge in [0, 0.05) is 12.8 Å². The van der Waals surface area contributed by atoms with Gasteiger partial charge in [-0.1, -0.05) is 135 Å². The molecule has 0 aliphatic rings. The maximum absolute atomic E-state index is 12.4. The number of hydrogen-bond donors (Lipinski definition) is 4. The molecule has 56 heavy (non-hydrogen) atoms. The van der Waals surface area contributed by atoms with Crippen LogP contribution >= 0.6 is 7.82 Å². The summed E-state index contributed by atoms with van der Waals surface area (Å²) >= 11 is 0. The van der Waals surface area contributed by atoms with Crippen LogP contribution in [0.1, 0.15) is 117 Å². The summed E-state index contributed by atoms with van der Waals surface area (Å²) in [5.74, 6) is -1.29. The molecule has 0 fully saturated rings. The van der Waals surface area contributed by atoms with E-state index in [1.807, 2.05) is 36.5 Å². The van der Waals surface area contributed by atoms with E-state index in [9.17, 15) is 24.4 Å². The number of rotatable bonds is 34. The van der Waals surface area contributed by atoms with Crippen molar-refractivity contribution in [2.24, 2.45) is 0 Å². The van der Waals surface area contributed by atoms with Gasteiger partial charge >= 0.3 is 19.8 Å². The van der Waals surface area contributed by atoms with Crippen molar-refractivity contribution in [3.05, 3.63) is 122 Å². The molecule has 0 rings (SSSR count). The monoisotopic (exact) mass is 800 g/mol. The summed E-state index contributed by atoms with van der Waals surface area (Å²) in [7, 11) is -4.85. The number of esters is 2. The lowest BCUT2D eigenvalue weighted by molar-refractivity contribution is -0.161. The standard InChI is InChI=1S/C45H69O10P/c1-3-5-7-9-11-13-15-17-18-19-20-21-22-23-25-27-29-31-33-37-45(49)55-41(40-54-56(50,51)52)39-53-44(48)38-34-36-43(47)42(46)35-32-30-28-26-24-16-14-12-10-8-6-4-2/h5-8,11-14,17-18,20-21,23-26,29-32,41-43,46-47H,3-4,9-10,15-16,19,22,27-28,33-40H2,1-2H3,(H2,50,51,52)/b7-5-,8-6-,13-11-,14-12-,18-17-,21-20-,25-23-,26-24-,31-29-,32-30-/t41-,42+,43+/m1/s1. The largest absolute Gasteiger partial charge is 0.469 e. The molecule has 0 amide bonds. The second-order valence-corrected chi connectivity index (χ2v) is 14.0. The Bertz CT molecular complexity index is 1350. The van der Waals surface area contributed by atoms with E-state index in [0.29, 0.717) is 12.8 Å². The molecule has 314 valence electrons. The highest BCUT2D eigenvalue weighted by molar-refractivity contribution is 7.46. The second kappa shape index (κ2) is 38.3. The number of ether oxygens (including phenoxy) is 2. The van der Waals surface area contributed by atoms with Gasteiger partial charge in [-0.15, -0.1) is 0 Å². The van der Waals surface area contributed by atoms with E-state index in [1.54, 1.807) is 0 Å². The summed E-state index contributed by atoms with van der Waals surface area (Å²) in [5.41, 5.74) is 0. The molecule has 0 aromatic heterocycles. The van der Waals surface area contributed by atoms with Gasteiger partial charge in [-0.2, -0.15) is 0 Å². The van der Waals surface area contributed by atoms with E-state index in [0.717, 1.165) is 57.8 Å². The molecule has 0 aromatic carbocycles. The van der Waals surface area contributed by atoms with Crippen molar-refractivity contribution >= 4 is 19.8 Å². The first-order chi connectivity index (χ1) is 27.1. The van der Waals surface area contributed by atoms with Crippen LogP contribution < -0.4 is 0 Å². The van der Waals surface area contributed by atoms with Gasteiger partial charge < -0.3 is 29.5 Å². The summed E-state index contributed by atoms with van der Waals surface area (Å²) in [6.07, 6.45) is 48.2. The zero-order valence-corrected chi connectivity index (χ0v) is 34.6. The van der Waals surface area contributed by atoms with Gasteiger partial charge in [0.1, 0.15) is 6.61 Å². The van der Waals surface area contributed by atoms with Gasteiger partial charge in [0.05, 0.1) is 18.8 Å². The third-order valence-electron chi connectivity index (χ3n) is 7.69. The predicted molar refractivity (Wildman–Crippen MR) is 227 cm³/mol. The predicted octanol–water partition coefficient (Wildman–Crippen LogP) is 10.1. The van der Waals surface area contributed by atoms with Crippen LogP contribution in [0.5, 0.6) is 0 Å². The zero-order valence-electron chi connectivity index (χ0n) is 33.7. The van der Waals surface area contributed by atoms with Gasteiger partial charge in [0.25, 0.3) is 0 Å². The summed E-state index contributed by atoms with van der Waals surface area (Å²) in [4.78, 5) is 42.8. The van der Waals surface area contributed by atoms with Crippen LogP contribution in [-0.2, 0) is 28.2 Å². The quantitative estimate of drug-likeness (QED) is 0.0280. The molecule has 0 aromatic rings. The van der Waals surface area contributed by atoms with Crippen LogP contribution in [0, 0.1) is 0 Å². The fraction of sp³-hybridized carbons (Fsp3) is 0.511. The van der Waals surface area contributed by atoms with Crippen molar-refractivity contribution in [3.8, 4) is 0 Å². The second-order valence-electron chi connectivity index (χ2n) is 12.8. The molecule has 0 bridgehead atoms. The van der Waals surface area contributed by atoms with Gasteiger partial charge in [-0.25, -0.2) is 4.57 Å². The number of hydrogen-bond acceptors (Lipinski definition) is 8. The maximum Gasteiger partial charge on any atom is 0.469 e. The van der Waals surface area contributed by atoms with Crippen molar-refractivity contribution in [1.82, 2.24) is 0 Å². The van der Waals surface area contributed by atoms with E-state index in [4.69, 9.17) is 19.3 Å². The summed E-state index contributed by atoms with van der Waals surface area (Å²) in [6, 6.07) is 0. The number of aliphatic hydroxyl groups excluding tert-OH is 2. The minimum Gasteiger partial charge on any atom is -0.462 e. The third-order valence-corrected chi connectivity index (χ3v) is 8.18. The number of phosphoric ester groups is 1. The highest BCUT2D eigenvalue weighted by Gasteiger charge is 2.23. The normalized spacial score (nSPS) is 14.9. The van der Waals surface area contributed by atoms with Crippen LogP contribution in [-0.4, -0.2) is 63.5 Å². The number of carbonyl (C=O) groups is 2. The molecule has 11 heteroatoms. The molecule has 3 atom stereocenters. The maximum atomic E-state index is 12.4. The molecular formula is C45H69O10P. The van der Waals surface area contributed by atoms with E-state index in [1.165, 1.54) is 0 Å². The van der Waals surface area contributed by atoms with Gasteiger partial charge in [0.15, 0.2) is 6.10 Å². The van der Waals surface area contributed by atoms with Gasteiger partial charge in [-0.3, -0.25) is 14.1 Å².